The van der Waals surface area contributed by atoms with Crippen molar-refractivity contribution in [1.82, 2.24) is 19.5 Å². The summed E-state index contributed by atoms with van der Waals surface area (Å²) in [5.41, 5.74) is 8.19. The Morgan fingerprint density at radius 1 is 1.33 bits per heavy atom. The summed E-state index contributed by atoms with van der Waals surface area (Å²) in [4.78, 5) is 21.7. The highest BCUT2D eigenvalue weighted by Gasteiger charge is 2.28. The van der Waals surface area contributed by atoms with Crippen molar-refractivity contribution in [3.05, 3.63) is 51.3 Å². The van der Waals surface area contributed by atoms with E-state index in [0.717, 1.165) is 37.1 Å². The van der Waals surface area contributed by atoms with Crippen molar-refractivity contribution < 1.29 is 13.2 Å². The predicted molar refractivity (Wildman–Crippen MR) is 145 cm³/mol. The summed E-state index contributed by atoms with van der Waals surface area (Å²) in [5, 5.41) is 5.23. The monoisotopic (exact) mass is 575 g/mol. The maximum Gasteiger partial charge on any atom is 0.256 e. The van der Waals surface area contributed by atoms with Gasteiger partial charge in [-0.2, -0.15) is 5.10 Å². The fourth-order valence-electron chi connectivity index (χ4n) is 4.14. The topological polar surface area (TPSA) is 126 Å². The van der Waals surface area contributed by atoms with Gasteiger partial charge < -0.3 is 15.5 Å². The van der Waals surface area contributed by atoms with Crippen molar-refractivity contribution in [3.8, 4) is 0 Å². The van der Waals surface area contributed by atoms with Gasteiger partial charge in [0, 0.05) is 43.0 Å². The van der Waals surface area contributed by atoms with Crippen LogP contribution in [-0.2, 0) is 10.0 Å². The van der Waals surface area contributed by atoms with E-state index in [1.54, 1.807) is 18.5 Å². The highest BCUT2D eigenvalue weighted by Crippen LogP contribution is 2.33. The number of sulfonamides is 1. The number of rotatable bonds is 6. The lowest BCUT2D eigenvalue weighted by Gasteiger charge is -2.25. The van der Waals surface area contributed by atoms with Gasteiger partial charge in [-0.05, 0) is 38.5 Å². The first-order chi connectivity index (χ1) is 16.4. The number of nitrogens with two attached hydrogens (primary N) is 1. The highest BCUT2D eigenvalue weighted by molar-refractivity contribution is 7.92. The zero-order valence-electron chi connectivity index (χ0n) is 20.2. The number of carbonyl (C=O) groups excluding carboxylic acids is 1. The maximum absolute atomic E-state index is 13.4. The zero-order chi connectivity index (χ0) is 25.7. The van der Waals surface area contributed by atoms with Gasteiger partial charge in [-0.15, -0.1) is 12.4 Å². The molecule has 0 radical (unpaired) electrons. The number of nitrogens with zero attached hydrogens (tertiary/aromatic N) is 5. The summed E-state index contributed by atoms with van der Waals surface area (Å²) in [5.74, 6) is 0.362. The molecule has 2 atom stereocenters. The lowest BCUT2D eigenvalue weighted by molar-refractivity contribution is 0.0740. The van der Waals surface area contributed by atoms with Gasteiger partial charge >= 0.3 is 0 Å². The van der Waals surface area contributed by atoms with Gasteiger partial charge in [-0.1, -0.05) is 23.2 Å². The molecule has 0 unspecified atom stereocenters. The summed E-state index contributed by atoms with van der Waals surface area (Å²) in [6.07, 6.45) is 3.77. The van der Waals surface area contributed by atoms with Crippen LogP contribution in [0.5, 0.6) is 0 Å². The SMILES string of the molecule is Cc1cn2nc([C@H](C)N(C)C(=O)c3cc(Cl)ccc3NS(C)(=O)=O)c(Cl)c2nc1N1CC[C@H](N)C1.Cl. The zero-order valence-corrected chi connectivity index (χ0v) is 23.3. The summed E-state index contributed by atoms with van der Waals surface area (Å²) in [7, 11) is -2.02. The molecule has 0 aliphatic carbocycles. The smallest absolute Gasteiger partial charge is 0.256 e. The van der Waals surface area contributed by atoms with E-state index in [-0.39, 0.29) is 29.7 Å². The molecule has 3 aromatic rings. The number of nitrogens with one attached hydrogen (secondary N) is 1. The second-order valence-electron chi connectivity index (χ2n) is 8.87. The number of hydrogen-bond donors (Lipinski definition) is 2. The van der Waals surface area contributed by atoms with Crippen LogP contribution in [0.15, 0.2) is 24.4 Å². The third kappa shape index (κ3) is 5.65. The van der Waals surface area contributed by atoms with Crippen molar-refractivity contribution in [2.24, 2.45) is 5.73 Å². The molecule has 3 N–H and O–H groups in total. The number of anilines is 2. The molecule has 2 aromatic heterocycles. The van der Waals surface area contributed by atoms with Crippen molar-refractivity contribution >= 4 is 68.7 Å². The Balaban J connectivity index is 0.00000361. The molecule has 1 aromatic carbocycles. The van der Waals surface area contributed by atoms with E-state index in [2.05, 4.69) is 14.7 Å². The van der Waals surface area contributed by atoms with Crippen LogP contribution in [0.3, 0.4) is 0 Å². The first-order valence-corrected chi connectivity index (χ1v) is 13.6. The standard InChI is InChI=1S/C22H27Cl2N7O3S.ClH/c1-12-10-31-21(26-20(12)30-8-7-15(25)11-30)18(24)19(27-31)13(2)29(3)22(32)16-9-14(23)5-6-17(16)28-35(4,33)34;/h5-6,9-10,13,15,28H,7-8,11,25H2,1-4H3;1H/t13-,15-;/m0./s1. The van der Waals surface area contributed by atoms with E-state index in [4.69, 9.17) is 33.9 Å². The van der Waals surface area contributed by atoms with E-state index in [1.165, 1.54) is 23.1 Å². The molecule has 1 amide bonds. The summed E-state index contributed by atoms with van der Waals surface area (Å²) in [6.45, 7) is 5.28. The molecule has 3 heterocycles. The van der Waals surface area contributed by atoms with E-state index >= 15 is 0 Å². The average molecular weight is 577 g/mol. The Kier molecular flexibility index (Phi) is 8.31. The Hall–Kier alpha value is -2.31. The summed E-state index contributed by atoms with van der Waals surface area (Å²) < 4.78 is 27.5. The largest absolute Gasteiger partial charge is 0.355 e. The fourth-order valence-corrected chi connectivity index (χ4v) is 5.21. The minimum absolute atomic E-state index is 0. The van der Waals surface area contributed by atoms with Gasteiger partial charge in [0.15, 0.2) is 5.65 Å². The number of fused-ring (bicyclic) bond motifs is 1. The molecule has 1 aliphatic rings. The fraction of sp³-hybridized carbons (Fsp3) is 0.409. The maximum atomic E-state index is 13.4. The molecule has 196 valence electrons. The van der Waals surface area contributed by atoms with E-state index in [1.807, 2.05) is 13.1 Å². The first-order valence-electron chi connectivity index (χ1n) is 11.0. The molecular weight excluding hydrogens is 549 g/mol. The van der Waals surface area contributed by atoms with Crippen LogP contribution in [0, 0.1) is 6.92 Å². The quantitative estimate of drug-likeness (QED) is 0.460. The molecule has 1 aliphatic heterocycles. The number of aromatic nitrogens is 3. The van der Waals surface area contributed by atoms with Crippen molar-refractivity contribution in [2.45, 2.75) is 32.4 Å². The first kappa shape index (κ1) is 28.3. The number of aryl methyl sites for hydroxylation is 1. The van der Waals surface area contributed by atoms with Crippen LogP contribution in [0.2, 0.25) is 10.0 Å². The van der Waals surface area contributed by atoms with Gasteiger partial charge in [0.25, 0.3) is 5.91 Å². The normalized spacial score (nSPS) is 16.6. The molecule has 0 bridgehead atoms. The third-order valence-electron chi connectivity index (χ3n) is 6.06. The molecule has 4 rings (SSSR count). The van der Waals surface area contributed by atoms with Crippen molar-refractivity contribution in [2.75, 3.05) is 36.0 Å². The van der Waals surface area contributed by atoms with Crippen molar-refractivity contribution in [3.63, 3.8) is 0 Å². The highest BCUT2D eigenvalue weighted by atomic mass is 35.5. The van der Waals surface area contributed by atoms with E-state index < -0.39 is 22.0 Å². The minimum atomic E-state index is -3.61. The van der Waals surface area contributed by atoms with Gasteiger partial charge in [0.05, 0.1) is 23.5 Å². The second kappa shape index (κ2) is 10.6. The lowest BCUT2D eigenvalue weighted by atomic mass is 10.1. The van der Waals surface area contributed by atoms with Crippen LogP contribution < -0.4 is 15.4 Å². The molecule has 10 nitrogen and oxygen atoms in total. The second-order valence-corrected chi connectivity index (χ2v) is 11.4. The van der Waals surface area contributed by atoms with Crippen LogP contribution in [-0.4, -0.2) is 66.3 Å². The number of halogens is 3. The lowest BCUT2D eigenvalue weighted by Crippen LogP contribution is -2.31. The van der Waals surface area contributed by atoms with Crippen LogP contribution in [0.25, 0.3) is 5.65 Å². The molecule has 14 heteroatoms. The molecule has 1 saturated heterocycles. The summed E-state index contributed by atoms with van der Waals surface area (Å²) in [6, 6.07) is 3.94. The van der Waals surface area contributed by atoms with Crippen LogP contribution >= 0.6 is 35.6 Å². The summed E-state index contributed by atoms with van der Waals surface area (Å²) >= 11 is 12.8. The molecular formula is C22H28Cl3N7O3S. The van der Waals surface area contributed by atoms with E-state index in [9.17, 15) is 13.2 Å². The van der Waals surface area contributed by atoms with Crippen molar-refractivity contribution in [1.29, 1.82) is 0 Å². The predicted octanol–water partition coefficient (Wildman–Crippen LogP) is 3.51. The molecule has 0 spiro atoms. The van der Waals surface area contributed by atoms with E-state index in [0.29, 0.717) is 21.4 Å². The Labute approximate surface area is 226 Å². The molecule has 1 fully saturated rings. The Morgan fingerprint density at radius 2 is 2.03 bits per heavy atom. The Bertz CT molecular complexity index is 1410. The van der Waals surface area contributed by atoms with Gasteiger partial charge in [-0.3, -0.25) is 9.52 Å². The minimum Gasteiger partial charge on any atom is -0.355 e. The van der Waals surface area contributed by atoms with Gasteiger partial charge in [0.2, 0.25) is 10.0 Å². The third-order valence-corrected chi connectivity index (χ3v) is 7.25. The molecule has 0 saturated carbocycles. The molecule has 36 heavy (non-hydrogen) atoms. The van der Waals surface area contributed by atoms with Crippen LogP contribution in [0.4, 0.5) is 11.5 Å². The Morgan fingerprint density at radius 3 is 2.64 bits per heavy atom. The number of amides is 1. The van der Waals surface area contributed by atoms with Gasteiger partial charge in [0.1, 0.15) is 16.5 Å². The number of carbonyl (C=O) groups is 1. The number of hydrogen-bond acceptors (Lipinski definition) is 7. The van der Waals surface area contributed by atoms with Crippen LogP contribution in [0.1, 0.15) is 41.0 Å². The number of benzene rings is 1. The van der Waals surface area contributed by atoms with Gasteiger partial charge in [-0.25, -0.2) is 17.9 Å². The average Bonchev–Trinajstić information content (AvgIpc) is 3.34.